The number of carbonyl (C=O) groups is 2. The first-order valence-electron chi connectivity index (χ1n) is 6.77. The number of nitrogens with zero attached hydrogens (tertiary/aromatic N) is 1. The van der Waals surface area contributed by atoms with E-state index in [1.807, 2.05) is 6.07 Å². The number of aliphatic carboxylic acids is 1. The fraction of sp³-hybridized carbons (Fsp3) is 0.467. The predicted molar refractivity (Wildman–Crippen MR) is 77.8 cm³/mol. The van der Waals surface area contributed by atoms with Crippen molar-refractivity contribution in [3.05, 3.63) is 35.9 Å². The van der Waals surface area contributed by atoms with Crippen molar-refractivity contribution in [2.24, 2.45) is 0 Å². The van der Waals surface area contributed by atoms with Gasteiger partial charge in [0.25, 0.3) is 0 Å². The van der Waals surface area contributed by atoms with Crippen LogP contribution in [0.1, 0.15) is 26.3 Å². The molecule has 0 unspecified atom stereocenters. The van der Waals surface area contributed by atoms with Crippen molar-refractivity contribution in [3.63, 3.8) is 0 Å². The van der Waals surface area contributed by atoms with E-state index in [-0.39, 0.29) is 6.61 Å². The summed E-state index contributed by atoms with van der Waals surface area (Å²) in [7, 11) is 0. The van der Waals surface area contributed by atoms with Crippen molar-refractivity contribution in [2.45, 2.75) is 39.0 Å². The van der Waals surface area contributed by atoms with E-state index >= 15 is 0 Å². The third kappa shape index (κ3) is 5.34. The van der Waals surface area contributed by atoms with Crippen LogP contribution in [-0.2, 0) is 21.0 Å². The molecule has 0 spiro atoms. The van der Waals surface area contributed by atoms with Gasteiger partial charge in [-0.2, -0.15) is 0 Å². The van der Waals surface area contributed by atoms with Gasteiger partial charge in [0.15, 0.2) is 6.04 Å². The van der Waals surface area contributed by atoms with E-state index < -0.39 is 30.3 Å². The highest BCUT2D eigenvalue weighted by molar-refractivity contribution is 5.74. The molecule has 122 valence electrons. The van der Waals surface area contributed by atoms with Gasteiger partial charge in [0.1, 0.15) is 6.61 Å². The number of ether oxygens (including phenoxy) is 1. The number of carboxylic acids is 1. The zero-order valence-corrected chi connectivity index (χ0v) is 12.9. The molecule has 0 saturated heterocycles. The summed E-state index contributed by atoms with van der Waals surface area (Å²) in [5, 5.41) is 19.2. The zero-order valence-electron chi connectivity index (χ0n) is 12.9. The molecular weight excluding hydrogens is 290 g/mol. The minimum atomic E-state index is -1.37. The van der Waals surface area contributed by atoms with Crippen LogP contribution in [0, 0.1) is 0 Å². The quantitative estimate of drug-likeness (QED) is 0.611. The summed E-state index contributed by atoms with van der Waals surface area (Å²) in [6.07, 6.45) is -1.03. The summed E-state index contributed by atoms with van der Waals surface area (Å²) in [6.45, 7) is 4.28. The fourth-order valence-electron chi connectivity index (χ4n) is 1.74. The van der Waals surface area contributed by atoms with E-state index in [1.165, 1.54) is 0 Å². The largest absolute Gasteiger partial charge is 0.528 e. The minimum Gasteiger partial charge on any atom is -0.480 e. The molecule has 1 aromatic carbocycles. The van der Waals surface area contributed by atoms with Gasteiger partial charge in [-0.05, 0) is 26.3 Å². The van der Waals surface area contributed by atoms with Crippen LogP contribution in [-0.4, -0.2) is 45.6 Å². The average molecular weight is 311 g/mol. The Bertz CT molecular complexity index is 497. The molecule has 22 heavy (non-hydrogen) atoms. The van der Waals surface area contributed by atoms with Crippen molar-refractivity contribution in [3.8, 4) is 0 Å². The number of hydrogen-bond acceptors (Lipinski definition) is 6. The van der Waals surface area contributed by atoms with Gasteiger partial charge in [-0.1, -0.05) is 30.3 Å². The molecule has 0 heterocycles. The monoisotopic (exact) mass is 311 g/mol. The number of carboxylic acid groups (broad SMARTS) is 1. The fourth-order valence-corrected chi connectivity index (χ4v) is 1.74. The van der Waals surface area contributed by atoms with Crippen LogP contribution in [0.4, 0.5) is 4.79 Å². The number of aliphatic hydroxyl groups excluding tert-OH is 1. The number of aliphatic hydroxyl groups is 1. The Morgan fingerprint density at radius 1 is 1.23 bits per heavy atom. The van der Waals surface area contributed by atoms with Crippen LogP contribution in [0.15, 0.2) is 30.3 Å². The maximum Gasteiger partial charge on any atom is 0.528 e. The van der Waals surface area contributed by atoms with Gasteiger partial charge in [-0.15, -0.1) is 5.06 Å². The average Bonchev–Trinajstić information content (AvgIpc) is 2.44. The molecule has 0 aromatic heterocycles. The lowest BCUT2D eigenvalue weighted by Gasteiger charge is -2.36. The number of hydrogen-bond donors (Lipinski definition) is 2. The molecule has 7 heteroatoms. The van der Waals surface area contributed by atoms with E-state index in [4.69, 9.17) is 14.7 Å². The van der Waals surface area contributed by atoms with Gasteiger partial charge in [0.05, 0.1) is 6.61 Å². The second kappa shape index (κ2) is 7.77. The number of hydroxylamine groups is 2. The van der Waals surface area contributed by atoms with Gasteiger partial charge in [-0.25, -0.2) is 4.79 Å². The summed E-state index contributed by atoms with van der Waals surface area (Å²) in [5.74, 6) is -1.30. The Balaban J connectivity index is 2.69. The first-order chi connectivity index (χ1) is 10.3. The molecule has 0 radical (unpaired) electrons. The molecule has 0 fully saturated rings. The maximum atomic E-state index is 11.8. The molecule has 0 aliphatic rings. The number of benzene rings is 1. The van der Waals surface area contributed by atoms with E-state index in [0.717, 1.165) is 10.6 Å². The van der Waals surface area contributed by atoms with Crippen LogP contribution in [0.3, 0.4) is 0 Å². The number of carbonyl (C=O) groups excluding carboxylic acids is 1. The van der Waals surface area contributed by atoms with E-state index in [0.29, 0.717) is 0 Å². The Kier molecular flexibility index (Phi) is 6.33. The van der Waals surface area contributed by atoms with Crippen LogP contribution in [0.5, 0.6) is 0 Å². The minimum absolute atomic E-state index is 0.00845. The first-order valence-corrected chi connectivity index (χ1v) is 6.77. The van der Waals surface area contributed by atoms with Gasteiger partial charge >= 0.3 is 12.1 Å². The zero-order chi connectivity index (χ0) is 16.8. The summed E-state index contributed by atoms with van der Waals surface area (Å²) >= 11 is 0. The van der Waals surface area contributed by atoms with E-state index in [1.54, 1.807) is 45.0 Å². The summed E-state index contributed by atoms with van der Waals surface area (Å²) < 4.78 is 4.95. The lowest BCUT2D eigenvalue weighted by Crippen LogP contribution is -2.54. The van der Waals surface area contributed by atoms with Gasteiger partial charge < -0.3 is 19.8 Å². The van der Waals surface area contributed by atoms with Gasteiger partial charge in [0, 0.05) is 5.54 Å². The highest BCUT2D eigenvalue weighted by Crippen LogP contribution is 2.19. The molecule has 1 atom stereocenters. The van der Waals surface area contributed by atoms with Gasteiger partial charge in [0.2, 0.25) is 0 Å². The predicted octanol–water partition coefficient (Wildman–Crippen LogP) is 1.80. The van der Waals surface area contributed by atoms with E-state index in [2.05, 4.69) is 0 Å². The molecule has 1 aromatic rings. The third-order valence-electron chi connectivity index (χ3n) is 2.77. The second-order valence-electron chi connectivity index (χ2n) is 5.65. The molecule has 0 bridgehead atoms. The molecule has 1 rings (SSSR count). The smallest absolute Gasteiger partial charge is 0.480 e. The van der Waals surface area contributed by atoms with Crippen molar-refractivity contribution in [1.29, 1.82) is 0 Å². The SMILES string of the molecule is CC(C)(C)N(OC(=O)OCc1ccccc1)[C@@H](CO)C(=O)O. The lowest BCUT2D eigenvalue weighted by molar-refractivity contribution is -0.217. The van der Waals surface area contributed by atoms with Crippen molar-refractivity contribution in [1.82, 2.24) is 5.06 Å². The summed E-state index contributed by atoms with van der Waals surface area (Å²) in [6, 6.07) is 7.63. The first kappa shape index (κ1) is 17.9. The van der Waals surface area contributed by atoms with Crippen molar-refractivity contribution < 1.29 is 29.4 Å². The normalized spacial score (nSPS) is 12.8. The van der Waals surface area contributed by atoms with Crippen LogP contribution < -0.4 is 0 Å². The molecule has 0 amide bonds. The lowest BCUT2D eigenvalue weighted by atomic mass is 10.1. The molecule has 2 N–H and O–H groups in total. The highest BCUT2D eigenvalue weighted by Gasteiger charge is 2.37. The Morgan fingerprint density at radius 2 is 1.82 bits per heavy atom. The van der Waals surface area contributed by atoms with Crippen molar-refractivity contribution in [2.75, 3.05) is 6.61 Å². The highest BCUT2D eigenvalue weighted by atomic mass is 16.8. The van der Waals surface area contributed by atoms with Crippen molar-refractivity contribution >= 4 is 12.1 Å². The Hall–Kier alpha value is -2.12. The molecule has 0 aliphatic heterocycles. The number of rotatable bonds is 6. The molecule has 7 nitrogen and oxygen atoms in total. The van der Waals surface area contributed by atoms with Crippen LogP contribution in [0.25, 0.3) is 0 Å². The van der Waals surface area contributed by atoms with Crippen LogP contribution in [0.2, 0.25) is 0 Å². The molecular formula is C15H21NO6. The third-order valence-corrected chi connectivity index (χ3v) is 2.77. The maximum absolute atomic E-state index is 11.8. The summed E-state index contributed by atoms with van der Waals surface area (Å²) in [4.78, 5) is 27.9. The van der Waals surface area contributed by atoms with Crippen LogP contribution >= 0.6 is 0 Å². The Labute approximate surface area is 129 Å². The summed E-state index contributed by atoms with van der Waals surface area (Å²) in [5.41, 5.74) is -0.0453. The molecule has 0 aliphatic carbocycles. The Morgan fingerprint density at radius 3 is 2.27 bits per heavy atom. The molecule has 0 saturated carbocycles. The topological polar surface area (TPSA) is 96.3 Å². The standard InChI is InChI=1S/C15H21NO6/c1-15(2,3)16(12(9-17)13(18)19)22-14(20)21-10-11-7-5-4-6-8-11/h4-8,12,17H,9-10H2,1-3H3,(H,18,19)/t12-/m0/s1. The van der Waals surface area contributed by atoms with Gasteiger partial charge in [-0.3, -0.25) is 4.79 Å². The van der Waals surface area contributed by atoms with E-state index in [9.17, 15) is 14.7 Å². The second-order valence-corrected chi connectivity index (χ2v) is 5.65.